The van der Waals surface area contributed by atoms with Crippen LogP contribution >= 0.6 is 0 Å². The van der Waals surface area contributed by atoms with Crippen molar-refractivity contribution in [1.29, 1.82) is 0 Å². The molecule has 0 aliphatic carbocycles. The minimum atomic E-state index is -0.953. The highest BCUT2D eigenvalue weighted by Crippen LogP contribution is 2.21. The predicted molar refractivity (Wildman–Crippen MR) is 67.8 cm³/mol. The van der Waals surface area contributed by atoms with E-state index in [-0.39, 0.29) is 0 Å². The molecule has 18 heavy (non-hydrogen) atoms. The lowest BCUT2D eigenvalue weighted by atomic mass is 10.2. The molecular formula is C12H17N3O3. The summed E-state index contributed by atoms with van der Waals surface area (Å²) in [5.74, 6) is -0.0358. The van der Waals surface area contributed by atoms with Crippen LogP contribution in [0.5, 0.6) is 5.88 Å². The Morgan fingerprint density at radius 2 is 2.39 bits per heavy atom. The molecule has 0 aliphatic rings. The van der Waals surface area contributed by atoms with E-state index in [1.165, 1.54) is 6.33 Å². The van der Waals surface area contributed by atoms with Crippen LogP contribution in [0.4, 0.5) is 5.82 Å². The maximum Gasteiger partial charge on any atom is 0.326 e. The lowest BCUT2D eigenvalue weighted by molar-refractivity contribution is -0.137. The highest BCUT2D eigenvalue weighted by molar-refractivity contribution is 5.77. The number of carbonyl (C=O) groups is 1. The number of ether oxygens (including phenoxy) is 1. The molecule has 2 N–H and O–H groups in total. The minimum absolute atomic E-state index is 0.308. The molecule has 6 heteroatoms. The predicted octanol–water partition coefficient (Wildman–Crippen LogP) is 1.62. The van der Waals surface area contributed by atoms with Crippen LogP contribution in [-0.4, -0.2) is 33.7 Å². The molecule has 0 saturated carbocycles. The summed E-state index contributed by atoms with van der Waals surface area (Å²) in [5, 5.41) is 11.9. The lowest BCUT2D eigenvalue weighted by Crippen LogP contribution is -2.29. The fraction of sp³-hybridized carbons (Fsp3) is 0.417. The molecular weight excluding hydrogens is 234 g/mol. The second-order valence-electron chi connectivity index (χ2n) is 3.64. The monoisotopic (exact) mass is 251 g/mol. The zero-order valence-corrected chi connectivity index (χ0v) is 10.5. The van der Waals surface area contributed by atoms with Crippen LogP contribution < -0.4 is 10.1 Å². The highest BCUT2D eigenvalue weighted by atomic mass is 16.5. The number of hydrogen-bond donors (Lipinski definition) is 2. The van der Waals surface area contributed by atoms with Gasteiger partial charge in [-0.1, -0.05) is 6.08 Å². The Balaban J connectivity index is 2.91. The average molecular weight is 251 g/mol. The molecule has 1 aromatic heterocycles. The number of aliphatic carboxylic acids is 1. The summed E-state index contributed by atoms with van der Waals surface area (Å²) in [6.07, 6.45) is 3.20. The van der Waals surface area contributed by atoms with Crippen molar-refractivity contribution in [3.63, 3.8) is 0 Å². The first-order valence-corrected chi connectivity index (χ1v) is 5.64. The summed E-state index contributed by atoms with van der Waals surface area (Å²) in [5.41, 5.74) is 0.690. The number of rotatable bonds is 7. The van der Waals surface area contributed by atoms with Gasteiger partial charge in [-0.15, -0.1) is 6.58 Å². The summed E-state index contributed by atoms with van der Waals surface area (Å²) in [4.78, 5) is 19.0. The van der Waals surface area contributed by atoms with Crippen LogP contribution in [0.25, 0.3) is 0 Å². The summed E-state index contributed by atoms with van der Waals surface area (Å²) in [6, 6.07) is -0.759. The van der Waals surface area contributed by atoms with Crippen LogP contribution in [0.15, 0.2) is 19.0 Å². The van der Waals surface area contributed by atoms with Gasteiger partial charge in [0, 0.05) is 0 Å². The zero-order chi connectivity index (χ0) is 13.5. The molecule has 0 fully saturated rings. The molecule has 0 spiro atoms. The van der Waals surface area contributed by atoms with E-state index in [2.05, 4.69) is 21.9 Å². The van der Waals surface area contributed by atoms with Gasteiger partial charge in [-0.2, -0.15) is 0 Å². The third-order valence-corrected chi connectivity index (χ3v) is 2.33. The Morgan fingerprint density at radius 3 is 2.94 bits per heavy atom. The van der Waals surface area contributed by atoms with Crippen molar-refractivity contribution in [2.24, 2.45) is 0 Å². The molecule has 1 atom stereocenters. The standard InChI is InChI=1S/C12H17N3O3/c1-4-6-9(12(16)17)15-10-8(3)11(18-5-2)14-7-13-10/h4,7,9H,1,5-6H2,2-3H3,(H,16,17)(H,13,14,15). The van der Waals surface area contributed by atoms with Gasteiger partial charge >= 0.3 is 5.97 Å². The molecule has 1 heterocycles. The van der Waals surface area contributed by atoms with Crippen molar-refractivity contribution < 1.29 is 14.6 Å². The third kappa shape index (κ3) is 3.44. The Morgan fingerprint density at radius 1 is 1.67 bits per heavy atom. The second kappa shape index (κ2) is 6.58. The van der Waals surface area contributed by atoms with E-state index in [1.807, 2.05) is 6.92 Å². The van der Waals surface area contributed by atoms with E-state index in [4.69, 9.17) is 9.84 Å². The van der Waals surface area contributed by atoms with Crippen molar-refractivity contribution in [2.75, 3.05) is 11.9 Å². The van der Waals surface area contributed by atoms with Crippen molar-refractivity contribution in [2.45, 2.75) is 26.3 Å². The molecule has 0 bridgehead atoms. The van der Waals surface area contributed by atoms with Gasteiger partial charge in [0.2, 0.25) is 5.88 Å². The first-order valence-electron chi connectivity index (χ1n) is 5.64. The van der Waals surface area contributed by atoms with Crippen molar-refractivity contribution in [1.82, 2.24) is 9.97 Å². The van der Waals surface area contributed by atoms with E-state index in [9.17, 15) is 4.79 Å². The molecule has 1 aromatic rings. The van der Waals surface area contributed by atoms with Gasteiger partial charge < -0.3 is 15.2 Å². The van der Waals surface area contributed by atoms with Crippen LogP contribution in [-0.2, 0) is 4.79 Å². The van der Waals surface area contributed by atoms with E-state index < -0.39 is 12.0 Å². The van der Waals surface area contributed by atoms with Crippen LogP contribution in [0, 0.1) is 6.92 Å². The summed E-state index contributed by atoms with van der Waals surface area (Å²) in [6.45, 7) is 7.66. The zero-order valence-electron chi connectivity index (χ0n) is 10.5. The number of anilines is 1. The molecule has 1 rings (SSSR count). The minimum Gasteiger partial charge on any atom is -0.480 e. The molecule has 0 aliphatic heterocycles. The number of aromatic nitrogens is 2. The maximum absolute atomic E-state index is 11.0. The molecule has 0 radical (unpaired) electrons. The maximum atomic E-state index is 11.0. The first-order chi connectivity index (χ1) is 8.60. The second-order valence-corrected chi connectivity index (χ2v) is 3.64. The third-order valence-electron chi connectivity index (χ3n) is 2.33. The van der Waals surface area contributed by atoms with Crippen LogP contribution in [0.1, 0.15) is 18.9 Å². The van der Waals surface area contributed by atoms with E-state index in [0.717, 1.165) is 0 Å². The first kappa shape index (κ1) is 14.0. The Hall–Kier alpha value is -2.11. The van der Waals surface area contributed by atoms with Crippen molar-refractivity contribution >= 4 is 11.8 Å². The van der Waals surface area contributed by atoms with Crippen LogP contribution in [0.2, 0.25) is 0 Å². The van der Waals surface area contributed by atoms with Gasteiger partial charge in [0.05, 0.1) is 12.2 Å². The molecule has 6 nitrogen and oxygen atoms in total. The molecule has 98 valence electrons. The quantitative estimate of drug-likeness (QED) is 0.716. The van der Waals surface area contributed by atoms with Crippen molar-refractivity contribution in [3.05, 3.63) is 24.5 Å². The molecule has 0 saturated heterocycles. The average Bonchev–Trinajstić information content (AvgIpc) is 2.33. The molecule has 0 aromatic carbocycles. The van der Waals surface area contributed by atoms with E-state index in [0.29, 0.717) is 30.3 Å². The van der Waals surface area contributed by atoms with E-state index in [1.54, 1.807) is 13.0 Å². The highest BCUT2D eigenvalue weighted by Gasteiger charge is 2.18. The fourth-order valence-electron chi connectivity index (χ4n) is 1.41. The largest absolute Gasteiger partial charge is 0.480 e. The lowest BCUT2D eigenvalue weighted by Gasteiger charge is -2.16. The SMILES string of the molecule is C=CCC(Nc1ncnc(OCC)c1C)C(=O)O. The van der Waals surface area contributed by atoms with Gasteiger partial charge in [-0.05, 0) is 20.3 Å². The molecule has 1 unspecified atom stereocenters. The number of carboxylic acid groups (broad SMARTS) is 1. The van der Waals surface area contributed by atoms with Crippen molar-refractivity contribution in [3.8, 4) is 5.88 Å². The number of hydrogen-bond acceptors (Lipinski definition) is 5. The summed E-state index contributed by atoms with van der Waals surface area (Å²) >= 11 is 0. The van der Waals surface area contributed by atoms with Crippen LogP contribution in [0.3, 0.4) is 0 Å². The van der Waals surface area contributed by atoms with Gasteiger partial charge in [-0.3, -0.25) is 0 Å². The van der Waals surface area contributed by atoms with Gasteiger partial charge in [0.25, 0.3) is 0 Å². The Labute approximate surface area is 106 Å². The van der Waals surface area contributed by atoms with Gasteiger partial charge in [0.1, 0.15) is 18.2 Å². The number of nitrogens with one attached hydrogen (secondary N) is 1. The molecule has 0 amide bonds. The number of nitrogens with zero attached hydrogens (tertiary/aromatic N) is 2. The smallest absolute Gasteiger partial charge is 0.326 e. The summed E-state index contributed by atoms with van der Waals surface area (Å²) in [7, 11) is 0. The topological polar surface area (TPSA) is 84.3 Å². The van der Waals surface area contributed by atoms with Gasteiger partial charge in [0.15, 0.2) is 0 Å². The fourth-order valence-corrected chi connectivity index (χ4v) is 1.41. The Bertz CT molecular complexity index is 435. The Kier molecular flexibility index (Phi) is 5.10. The number of carboxylic acids is 1. The summed E-state index contributed by atoms with van der Waals surface area (Å²) < 4.78 is 5.32. The normalized spacial score (nSPS) is 11.7. The van der Waals surface area contributed by atoms with E-state index >= 15 is 0 Å². The van der Waals surface area contributed by atoms with Gasteiger partial charge in [-0.25, -0.2) is 14.8 Å².